The molecule has 1 fully saturated rings. The average Bonchev–Trinajstić information content (AvgIpc) is 3.36. The number of amides is 1. The first-order valence-electron chi connectivity index (χ1n) is 13.0. The van der Waals surface area contributed by atoms with Crippen molar-refractivity contribution >= 4 is 61.0 Å². The third kappa shape index (κ3) is 5.27. The minimum Gasteiger partial charge on any atom is -0.443 e. The van der Waals surface area contributed by atoms with Gasteiger partial charge in [-0.2, -0.15) is 5.26 Å². The summed E-state index contributed by atoms with van der Waals surface area (Å²) in [4.78, 5) is 26.9. The van der Waals surface area contributed by atoms with Gasteiger partial charge in [0.25, 0.3) is 0 Å². The molecular weight excluding hydrogens is 570 g/mol. The lowest BCUT2D eigenvalue weighted by molar-refractivity contribution is 0.0589. The third-order valence-corrected chi connectivity index (χ3v) is 8.57. The maximum Gasteiger partial charge on any atom is 0.416 e. The number of hydrogen-bond acceptors (Lipinski definition) is 8. The molecule has 12 heteroatoms. The number of hydrogen-bond donors (Lipinski definition) is 0. The predicted octanol–water partition coefficient (Wildman–Crippen LogP) is 6.83. The number of ether oxygens (including phenoxy) is 1. The van der Waals surface area contributed by atoms with Crippen LogP contribution >= 0.6 is 22.9 Å². The summed E-state index contributed by atoms with van der Waals surface area (Å²) in [5, 5.41) is 10.5. The number of anilines is 2. The number of fused-ring (bicyclic) bond motifs is 2. The summed E-state index contributed by atoms with van der Waals surface area (Å²) >= 11 is 7.70. The van der Waals surface area contributed by atoms with E-state index in [-0.39, 0.29) is 43.1 Å². The molecule has 0 bridgehead atoms. The second-order valence-electron chi connectivity index (χ2n) is 11.2. The molecule has 8 nitrogen and oxygen atoms in total. The van der Waals surface area contributed by atoms with E-state index in [1.807, 2.05) is 7.05 Å². The molecule has 3 heterocycles. The largest absolute Gasteiger partial charge is 0.443 e. The van der Waals surface area contributed by atoms with Crippen molar-refractivity contribution in [1.29, 1.82) is 5.26 Å². The van der Waals surface area contributed by atoms with Crippen LogP contribution in [-0.4, -0.2) is 66.3 Å². The number of nitriles is 1. The maximum absolute atomic E-state index is 16.4. The normalized spacial score (nSPS) is 16.3. The van der Waals surface area contributed by atoms with E-state index in [9.17, 15) is 14.4 Å². The molecule has 2 aromatic carbocycles. The zero-order valence-corrected chi connectivity index (χ0v) is 25.1. The minimum atomic E-state index is -0.736. The van der Waals surface area contributed by atoms with Crippen LogP contribution in [0.1, 0.15) is 33.3 Å². The molecule has 1 aliphatic heterocycles. The van der Waals surface area contributed by atoms with Crippen molar-refractivity contribution in [3.8, 4) is 17.2 Å². The van der Waals surface area contributed by atoms with Crippen LogP contribution in [0, 0.1) is 23.0 Å². The lowest BCUT2D eigenvalue weighted by atomic mass is 9.99. The van der Waals surface area contributed by atoms with Crippen LogP contribution in [0.25, 0.3) is 32.2 Å². The molecule has 1 saturated heterocycles. The van der Waals surface area contributed by atoms with E-state index in [4.69, 9.17) is 16.3 Å². The Balaban J connectivity index is 1.66. The molecule has 0 unspecified atom stereocenters. The summed E-state index contributed by atoms with van der Waals surface area (Å²) in [5.74, 6) is -1.27. The van der Waals surface area contributed by atoms with Crippen molar-refractivity contribution in [2.75, 3.05) is 43.5 Å². The van der Waals surface area contributed by atoms with Gasteiger partial charge >= 0.3 is 6.09 Å². The Kier molecular flexibility index (Phi) is 7.53. The second kappa shape index (κ2) is 10.7. The third-order valence-electron chi connectivity index (χ3n) is 7.13. The molecular formula is C29H29ClF2N6O2S. The zero-order chi connectivity index (χ0) is 29.8. The molecule has 1 aliphatic rings. The van der Waals surface area contributed by atoms with Crippen LogP contribution in [0.2, 0.25) is 5.02 Å². The van der Waals surface area contributed by atoms with E-state index < -0.39 is 23.3 Å². The molecule has 4 aromatic rings. The molecule has 0 saturated carbocycles. The topological polar surface area (TPSA) is 85.6 Å². The molecule has 1 amide bonds. The number of carbonyl (C=O) groups is 1. The number of nitrogens with zero attached hydrogens (tertiary/aromatic N) is 6. The molecule has 214 valence electrons. The first kappa shape index (κ1) is 28.9. The Bertz CT molecular complexity index is 1730. The predicted molar refractivity (Wildman–Crippen MR) is 159 cm³/mol. The van der Waals surface area contributed by atoms with Gasteiger partial charge in [-0.3, -0.25) is 9.88 Å². The van der Waals surface area contributed by atoms with Gasteiger partial charge in [-0.15, -0.1) is 0 Å². The quantitative estimate of drug-likeness (QED) is 0.256. The highest BCUT2D eigenvalue weighted by Gasteiger charge is 2.29. The Morgan fingerprint density at radius 3 is 2.66 bits per heavy atom. The molecule has 5 rings (SSSR count). The Morgan fingerprint density at radius 1 is 1.27 bits per heavy atom. The van der Waals surface area contributed by atoms with E-state index in [1.54, 1.807) is 26.8 Å². The van der Waals surface area contributed by atoms with Gasteiger partial charge in [-0.1, -0.05) is 22.9 Å². The number of halogens is 3. The van der Waals surface area contributed by atoms with E-state index in [0.29, 0.717) is 29.7 Å². The van der Waals surface area contributed by atoms with Gasteiger partial charge < -0.3 is 14.5 Å². The number of piperazine rings is 1. The summed E-state index contributed by atoms with van der Waals surface area (Å²) in [7, 11) is 3.52. The lowest BCUT2D eigenvalue weighted by Gasteiger charge is -2.39. The standard InChI is InChI=1S/C29H29ClF2N6O2S/c1-15-14-38(10-9-36(15)5)25-16(12-33)13-34-23-18(25)11-19(30)21(22(23)32)17-7-8-20(31)26-24(17)35-27(41-26)37(6)28(39)40-29(2,3)4/h7-8,11,13,15H,9-10,14H2,1-6H3/t15-/m1/s1. The van der Waals surface area contributed by atoms with Crippen molar-refractivity contribution in [3.63, 3.8) is 0 Å². The molecule has 1 atom stereocenters. The van der Waals surface area contributed by atoms with Crippen LogP contribution < -0.4 is 9.80 Å². The van der Waals surface area contributed by atoms with Gasteiger partial charge in [0.15, 0.2) is 10.9 Å². The van der Waals surface area contributed by atoms with E-state index >= 15 is 4.39 Å². The molecule has 41 heavy (non-hydrogen) atoms. The Labute approximate surface area is 245 Å². The summed E-state index contributed by atoms with van der Waals surface area (Å²) in [5.41, 5.74) is 0.647. The van der Waals surface area contributed by atoms with Gasteiger partial charge in [-0.05, 0) is 52.9 Å². The van der Waals surface area contributed by atoms with Gasteiger partial charge in [0, 0.05) is 55.4 Å². The van der Waals surface area contributed by atoms with Crippen LogP contribution in [-0.2, 0) is 4.74 Å². The Hall–Kier alpha value is -3.59. The van der Waals surface area contributed by atoms with Crippen LogP contribution in [0.4, 0.5) is 24.4 Å². The molecule has 0 N–H and O–H groups in total. The lowest BCUT2D eigenvalue weighted by Crippen LogP contribution is -2.50. The summed E-state index contributed by atoms with van der Waals surface area (Å²) < 4.78 is 36.9. The van der Waals surface area contributed by atoms with Crippen molar-refractivity contribution in [3.05, 3.63) is 46.6 Å². The van der Waals surface area contributed by atoms with E-state index in [1.165, 1.54) is 30.3 Å². The first-order chi connectivity index (χ1) is 19.3. The summed E-state index contributed by atoms with van der Waals surface area (Å²) in [6.07, 6.45) is 0.718. The molecule has 0 spiro atoms. The first-order valence-corrected chi connectivity index (χ1v) is 14.2. The van der Waals surface area contributed by atoms with Crippen LogP contribution in [0.15, 0.2) is 24.4 Å². The smallest absolute Gasteiger partial charge is 0.416 e. The molecule has 2 aromatic heterocycles. The van der Waals surface area contributed by atoms with Gasteiger partial charge in [0.1, 0.15) is 23.0 Å². The van der Waals surface area contributed by atoms with E-state index in [2.05, 4.69) is 32.8 Å². The van der Waals surface area contributed by atoms with Crippen molar-refractivity contribution in [2.45, 2.75) is 39.3 Å². The van der Waals surface area contributed by atoms with Crippen LogP contribution in [0.3, 0.4) is 0 Å². The van der Waals surface area contributed by atoms with E-state index in [0.717, 1.165) is 17.9 Å². The minimum absolute atomic E-state index is 0.0100. The number of benzene rings is 2. The van der Waals surface area contributed by atoms with Crippen LogP contribution in [0.5, 0.6) is 0 Å². The highest BCUT2D eigenvalue weighted by atomic mass is 35.5. The average molecular weight is 599 g/mol. The number of rotatable bonds is 3. The molecule has 0 radical (unpaired) electrons. The highest BCUT2D eigenvalue weighted by molar-refractivity contribution is 7.22. The fourth-order valence-electron chi connectivity index (χ4n) is 4.89. The maximum atomic E-state index is 16.4. The molecule has 0 aliphatic carbocycles. The summed E-state index contributed by atoms with van der Waals surface area (Å²) in [6.45, 7) is 9.39. The SMILES string of the molecule is C[C@@H]1CN(c2c(C#N)cnc3c(F)c(-c4ccc(F)c5sc(N(C)C(=O)OC(C)(C)C)nc45)c(Cl)cc23)CCN1C. The van der Waals surface area contributed by atoms with Gasteiger partial charge in [0.2, 0.25) is 0 Å². The highest BCUT2D eigenvalue weighted by Crippen LogP contribution is 2.44. The van der Waals surface area contributed by atoms with Crippen molar-refractivity contribution < 1.29 is 18.3 Å². The fourth-order valence-corrected chi connectivity index (χ4v) is 6.13. The van der Waals surface area contributed by atoms with Gasteiger partial charge in [0.05, 0.1) is 26.5 Å². The number of aromatic nitrogens is 2. The second-order valence-corrected chi connectivity index (χ2v) is 12.5. The number of carbonyl (C=O) groups excluding carboxylic acids is 1. The zero-order valence-electron chi connectivity index (χ0n) is 23.5. The Morgan fingerprint density at radius 2 is 2.00 bits per heavy atom. The monoisotopic (exact) mass is 598 g/mol. The van der Waals surface area contributed by atoms with Gasteiger partial charge in [-0.25, -0.2) is 18.6 Å². The van der Waals surface area contributed by atoms with Crippen molar-refractivity contribution in [2.24, 2.45) is 0 Å². The number of pyridine rings is 1. The number of likely N-dealkylation sites (N-methyl/N-ethyl adjacent to an activating group) is 1. The summed E-state index contributed by atoms with van der Waals surface area (Å²) in [6, 6.07) is 6.65. The fraction of sp³-hybridized carbons (Fsp3) is 0.379. The number of thiazole rings is 1. The van der Waals surface area contributed by atoms with Crippen molar-refractivity contribution in [1.82, 2.24) is 14.9 Å².